The molecule has 1 heteroatoms. The second-order valence-electron chi connectivity index (χ2n) is 3.30. The molecule has 0 bridgehead atoms. The van der Waals surface area contributed by atoms with Gasteiger partial charge in [0.1, 0.15) is 0 Å². The highest BCUT2D eigenvalue weighted by atomic mass is 14.6. The molecule has 0 radical (unpaired) electrons. The third-order valence-electron chi connectivity index (χ3n) is 2.01. The van der Waals surface area contributed by atoms with Crippen molar-refractivity contribution >= 4 is 0 Å². The molecule has 0 spiro atoms. The normalized spacial score (nSPS) is 16.8. The molecule has 0 saturated heterocycles. The van der Waals surface area contributed by atoms with Crippen molar-refractivity contribution in [2.24, 2.45) is 11.7 Å². The zero-order valence-electron chi connectivity index (χ0n) is 7.56. The Morgan fingerprint density at radius 1 is 1.30 bits per heavy atom. The van der Waals surface area contributed by atoms with Crippen LogP contribution in [0.2, 0.25) is 0 Å². The van der Waals surface area contributed by atoms with Gasteiger partial charge in [-0.05, 0) is 18.8 Å². The molecule has 0 aromatic heterocycles. The molecule has 0 aliphatic carbocycles. The smallest absolute Gasteiger partial charge is 0.00387 e. The minimum Gasteiger partial charge on any atom is -0.328 e. The first-order valence-electron chi connectivity index (χ1n) is 4.46. The zero-order valence-corrected chi connectivity index (χ0v) is 7.56. The van der Waals surface area contributed by atoms with Crippen molar-refractivity contribution in [3.05, 3.63) is 0 Å². The van der Waals surface area contributed by atoms with Gasteiger partial charge in [-0.2, -0.15) is 0 Å². The first-order chi connectivity index (χ1) is 4.70. The molecule has 0 fully saturated rings. The first-order valence-corrected chi connectivity index (χ1v) is 4.46. The third-order valence-corrected chi connectivity index (χ3v) is 2.01. The average molecular weight is 143 g/mol. The van der Waals surface area contributed by atoms with Crippen LogP contribution in [0, 0.1) is 5.92 Å². The monoisotopic (exact) mass is 143 g/mol. The maximum Gasteiger partial charge on any atom is 0.00387 e. The summed E-state index contributed by atoms with van der Waals surface area (Å²) < 4.78 is 0. The van der Waals surface area contributed by atoms with E-state index in [1.165, 1.54) is 19.3 Å². The van der Waals surface area contributed by atoms with Crippen molar-refractivity contribution in [3.63, 3.8) is 0 Å². The summed E-state index contributed by atoms with van der Waals surface area (Å²) in [4.78, 5) is 0. The number of hydrogen-bond acceptors (Lipinski definition) is 1. The van der Waals surface area contributed by atoms with E-state index in [0.29, 0.717) is 6.04 Å². The summed E-state index contributed by atoms with van der Waals surface area (Å²) in [7, 11) is 0. The Hall–Kier alpha value is -0.0400. The van der Waals surface area contributed by atoms with Crippen LogP contribution < -0.4 is 5.73 Å². The predicted octanol–water partition coefficient (Wildman–Crippen LogP) is 2.55. The van der Waals surface area contributed by atoms with Gasteiger partial charge >= 0.3 is 0 Å². The van der Waals surface area contributed by atoms with Crippen LogP contribution in [0.25, 0.3) is 0 Å². The average Bonchev–Trinajstić information content (AvgIpc) is 1.88. The molecule has 0 aromatic rings. The molecule has 1 nitrogen and oxygen atoms in total. The SMILES string of the molecule is CCC[C@@H](C)C[C@@H](N)CC. The lowest BCUT2D eigenvalue weighted by Gasteiger charge is -2.14. The van der Waals surface area contributed by atoms with Crippen LogP contribution in [0.3, 0.4) is 0 Å². The molecule has 0 saturated carbocycles. The van der Waals surface area contributed by atoms with E-state index in [0.717, 1.165) is 12.3 Å². The van der Waals surface area contributed by atoms with E-state index in [1.54, 1.807) is 0 Å². The maximum absolute atomic E-state index is 5.80. The van der Waals surface area contributed by atoms with Crippen LogP contribution in [-0.2, 0) is 0 Å². The van der Waals surface area contributed by atoms with Gasteiger partial charge in [0.2, 0.25) is 0 Å². The van der Waals surface area contributed by atoms with E-state index in [4.69, 9.17) is 5.73 Å². The summed E-state index contributed by atoms with van der Waals surface area (Å²) >= 11 is 0. The van der Waals surface area contributed by atoms with E-state index in [9.17, 15) is 0 Å². The highest BCUT2D eigenvalue weighted by Gasteiger charge is 2.05. The van der Waals surface area contributed by atoms with Gasteiger partial charge in [0, 0.05) is 6.04 Å². The summed E-state index contributed by atoms with van der Waals surface area (Å²) in [5, 5.41) is 0. The molecule has 0 aliphatic heterocycles. The van der Waals surface area contributed by atoms with Gasteiger partial charge in [-0.3, -0.25) is 0 Å². The molecule has 62 valence electrons. The molecule has 10 heavy (non-hydrogen) atoms. The van der Waals surface area contributed by atoms with Gasteiger partial charge in [-0.25, -0.2) is 0 Å². The fourth-order valence-corrected chi connectivity index (χ4v) is 1.29. The molecule has 0 amide bonds. The zero-order chi connectivity index (χ0) is 7.98. The molecular weight excluding hydrogens is 122 g/mol. The van der Waals surface area contributed by atoms with Gasteiger partial charge in [0.15, 0.2) is 0 Å². The van der Waals surface area contributed by atoms with E-state index in [1.807, 2.05) is 0 Å². The van der Waals surface area contributed by atoms with Crippen LogP contribution in [0.5, 0.6) is 0 Å². The minimum absolute atomic E-state index is 0.432. The minimum atomic E-state index is 0.432. The number of nitrogens with two attached hydrogens (primary N) is 1. The lowest BCUT2D eigenvalue weighted by Crippen LogP contribution is -2.21. The Balaban J connectivity index is 3.27. The Morgan fingerprint density at radius 3 is 2.30 bits per heavy atom. The van der Waals surface area contributed by atoms with Crippen molar-refractivity contribution in [2.75, 3.05) is 0 Å². The van der Waals surface area contributed by atoms with Gasteiger partial charge in [-0.1, -0.05) is 33.6 Å². The van der Waals surface area contributed by atoms with Crippen molar-refractivity contribution < 1.29 is 0 Å². The Labute approximate surface area is 65.0 Å². The van der Waals surface area contributed by atoms with E-state index >= 15 is 0 Å². The molecule has 2 N–H and O–H groups in total. The van der Waals surface area contributed by atoms with Crippen molar-refractivity contribution in [1.29, 1.82) is 0 Å². The summed E-state index contributed by atoms with van der Waals surface area (Å²) in [6, 6.07) is 0.432. The molecule has 0 rings (SSSR count). The summed E-state index contributed by atoms with van der Waals surface area (Å²) in [6.45, 7) is 6.68. The molecule has 0 unspecified atom stereocenters. The summed E-state index contributed by atoms with van der Waals surface area (Å²) in [5.74, 6) is 0.819. The highest BCUT2D eigenvalue weighted by Crippen LogP contribution is 2.12. The molecule has 0 heterocycles. The Morgan fingerprint density at radius 2 is 1.90 bits per heavy atom. The van der Waals surface area contributed by atoms with Crippen LogP contribution in [0.4, 0.5) is 0 Å². The van der Waals surface area contributed by atoms with E-state index < -0.39 is 0 Å². The second kappa shape index (κ2) is 5.72. The topological polar surface area (TPSA) is 26.0 Å². The lowest BCUT2D eigenvalue weighted by atomic mass is 9.97. The molecule has 0 aromatic carbocycles. The van der Waals surface area contributed by atoms with Gasteiger partial charge < -0.3 is 5.73 Å². The number of rotatable bonds is 5. The van der Waals surface area contributed by atoms with Crippen LogP contribution in [0.15, 0.2) is 0 Å². The fraction of sp³-hybridized carbons (Fsp3) is 1.00. The maximum atomic E-state index is 5.80. The van der Waals surface area contributed by atoms with Crippen molar-refractivity contribution in [2.45, 2.75) is 52.5 Å². The number of hydrogen-bond donors (Lipinski definition) is 1. The molecule has 2 atom stereocenters. The summed E-state index contributed by atoms with van der Waals surface area (Å²) in [6.07, 6.45) is 4.93. The predicted molar refractivity (Wildman–Crippen MR) is 47.0 cm³/mol. The van der Waals surface area contributed by atoms with Gasteiger partial charge in [0.25, 0.3) is 0 Å². The van der Waals surface area contributed by atoms with E-state index in [2.05, 4.69) is 20.8 Å². The van der Waals surface area contributed by atoms with Gasteiger partial charge in [0.05, 0.1) is 0 Å². The van der Waals surface area contributed by atoms with E-state index in [-0.39, 0.29) is 0 Å². The standard InChI is InChI=1S/C9H21N/c1-4-6-8(3)7-9(10)5-2/h8-9H,4-7,10H2,1-3H3/t8-,9+/m1/s1. The van der Waals surface area contributed by atoms with Crippen LogP contribution >= 0.6 is 0 Å². The third kappa shape index (κ3) is 4.80. The highest BCUT2D eigenvalue weighted by molar-refractivity contribution is 4.63. The lowest BCUT2D eigenvalue weighted by molar-refractivity contribution is 0.427. The largest absolute Gasteiger partial charge is 0.328 e. The molecular formula is C9H21N. The second-order valence-corrected chi connectivity index (χ2v) is 3.30. The Kier molecular flexibility index (Phi) is 5.70. The van der Waals surface area contributed by atoms with Crippen molar-refractivity contribution in [1.82, 2.24) is 0 Å². The summed E-state index contributed by atoms with van der Waals surface area (Å²) in [5.41, 5.74) is 5.80. The van der Waals surface area contributed by atoms with Gasteiger partial charge in [-0.15, -0.1) is 0 Å². The Bertz CT molecular complexity index is 71.1. The quantitative estimate of drug-likeness (QED) is 0.629. The van der Waals surface area contributed by atoms with Crippen LogP contribution in [0.1, 0.15) is 46.5 Å². The first kappa shape index (κ1) is 9.96. The van der Waals surface area contributed by atoms with Crippen molar-refractivity contribution in [3.8, 4) is 0 Å². The van der Waals surface area contributed by atoms with Crippen LogP contribution in [-0.4, -0.2) is 6.04 Å². The fourth-order valence-electron chi connectivity index (χ4n) is 1.29. The molecule has 0 aliphatic rings.